The van der Waals surface area contributed by atoms with Crippen LogP contribution in [-0.2, 0) is 10.0 Å². The Bertz CT molecular complexity index is 1260. The number of amides is 1. The van der Waals surface area contributed by atoms with E-state index in [1.165, 1.54) is 36.4 Å². The SMILES string of the molecule is CC(=NNC(=O)c1cccc(S(=O)(=O)Nc2ccc(Cl)cc2)c1)c1ccc(Cl)c(Cl)c1. The normalized spacial score (nSPS) is 11.8. The van der Waals surface area contributed by atoms with Crippen molar-refractivity contribution in [2.24, 2.45) is 5.10 Å². The summed E-state index contributed by atoms with van der Waals surface area (Å²) < 4.78 is 27.7. The summed E-state index contributed by atoms with van der Waals surface area (Å²) in [5.74, 6) is -0.567. The number of benzene rings is 3. The van der Waals surface area contributed by atoms with E-state index in [0.29, 0.717) is 32.0 Å². The molecular formula is C21H16Cl3N3O3S. The third-order valence-electron chi connectivity index (χ3n) is 4.17. The Morgan fingerprint density at radius 2 is 1.58 bits per heavy atom. The summed E-state index contributed by atoms with van der Waals surface area (Å²) in [5, 5.41) is 5.31. The molecule has 0 bridgehead atoms. The van der Waals surface area contributed by atoms with Gasteiger partial charge in [-0.2, -0.15) is 5.10 Å². The van der Waals surface area contributed by atoms with E-state index >= 15 is 0 Å². The zero-order chi connectivity index (χ0) is 22.6. The molecule has 0 atom stereocenters. The van der Waals surface area contributed by atoms with Crippen LogP contribution in [0.2, 0.25) is 15.1 Å². The van der Waals surface area contributed by atoms with Crippen LogP contribution < -0.4 is 10.1 Å². The standard InChI is InChI=1S/C21H16Cl3N3O3S/c1-13(14-5-10-19(23)20(24)12-14)25-26-21(28)15-3-2-4-18(11-15)31(29,30)27-17-8-6-16(22)7-9-17/h2-12,27H,1H3,(H,26,28). The lowest BCUT2D eigenvalue weighted by Gasteiger charge is -2.09. The maximum absolute atomic E-state index is 12.6. The van der Waals surface area contributed by atoms with Crippen molar-refractivity contribution in [3.8, 4) is 0 Å². The van der Waals surface area contributed by atoms with E-state index in [4.69, 9.17) is 34.8 Å². The van der Waals surface area contributed by atoms with Gasteiger partial charge in [-0.3, -0.25) is 9.52 Å². The molecule has 0 aliphatic rings. The number of hydrogen-bond acceptors (Lipinski definition) is 4. The van der Waals surface area contributed by atoms with Gasteiger partial charge in [0.1, 0.15) is 0 Å². The quantitative estimate of drug-likeness (QED) is 0.344. The number of carbonyl (C=O) groups excluding carboxylic acids is 1. The maximum Gasteiger partial charge on any atom is 0.271 e. The minimum absolute atomic E-state index is 0.0692. The molecule has 3 aromatic rings. The summed E-state index contributed by atoms with van der Waals surface area (Å²) in [6.45, 7) is 1.69. The van der Waals surface area contributed by atoms with Gasteiger partial charge in [0, 0.05) is 16.3 Å². The minimum Gasteiger partial charge on any atom is -0.280 e. The first-order valence-corrected chi connectivity index (χ1v) is 11.5. The van der Waals surface area contributed by atoms with E-state index in [9.17, 15) is 13.2 Å². The van der Waals surface area contributed by atoms with E-state index in [2.05, 4.69) is 15.2 Å². The fourth-order valence-electron chi connectivity index (χ4n) is 2.52. The smallest absolute Gasteiger partial charge is 0.271 e. The highest BCUT2D eigenvalue weighted by atomic mass is 35.5. The van der Waals surface area contributed by atoms with Crippen molar-refractivity contribution in [2.45, 2.75) is 11.8 Å². The summed E-state index contributed by atoms with van der Waals surface area (Å²) in [6, 6.07) is 16.8. The van der Waals surface area contributed by atoms with Crippen LogP contribution in [0.15, 0.2) is 76.7 Å². The van der Waals surface area contributed by atoms with Crippen LogP contribution in [0.5, 0.6) is 0 Å². The number of hydrogen-bond donors (Lipinski definition) is 2. The molecule has 0 fully saturated rings. The summed E-state index contributed by atoms with van der Waals surface area (Å²) >= 11 is 17.7. The van der Waals surface area contributed by atoms with Crippen LogP contribution in [0.4, 0.5) is 5.69 Å². The molecule has 0 heterocycles. The number of sulfonamides is 1. The zero-order valence-corrected chi connectivity index (χ0v) is 19.1. The topological polar surface area (TPSA) is 87.6 Å². The Labute approximate surface area is 194 Å². The first-order valence-electron chi connectivity index (χ1n) is 8.84. The number of carbonyl (C=O) groups is 1. The zero-order valence-electron chi connectivity index (χ0n) is 16.1. The number of nitrogens with one attached hydrogen (secondary N) is 2. The van der Waals surface area contributed by atoms with Gasteiger partial charge in [0.25, 0.3) is 15.9 Å². The average molecular weight is 497 g/mol. The molecule has 3 aromatic carbocycles. The Morgan fingerprint density at radius 1 is 0.871 bits per heavy atom. The van der Waals surface area contributed by atoms with Crippen molar-refractivity contribution < 1.29 is 13.2 Å². The van der Waals surface area contributed by atoms with Crippen molar-refractivity contribution in [3.05, 3.63) is 92.9 Å². The largest absolute Gasteiger partial charge is 0.280 e. The molecule has 0 saturated heterocycles. The summed E-state index contributed by atoms with van der Waals surface area (Å²) in [4.78, 5) is 12.4. The number of halogens is 3. The van der Waals surface area contributed by atoms with Gasteiger partial charge in [-0.15, -0.1) is 0 Å². The van der Waals surface area contributed by atoms with Gasteiger partial charge in [-0.1, -0.05) is 46.9 Å². The van der Waals surface area contributed by atoms with Crippen molar-refractivity contribution in [2.75, 3.05) is 4.72 Å². The highest BCUT2D eigenvalue weighted by Crippen LogP contribution is 2.23. The Hall–Kier alpha value is -2.58. The summed E-state index contributed by atoms with van der Waals surface area (Å²) in [7, 11) is -3.90. The molecule has 0 aliphatic heterocycles. The third-order valence-corrected chi connectivity index (χ3v) is 6.54. The first-order chi connectivity index (χ1) is 14.7. The average Bonchev–Trinajstić information content (AvgIpc) is 2.75. The fraction of sp³-hybridized carbons (Fsp3) is 0.0476. The molecule has 31 heavy (non-hydrogen) atoms. The lowest BCUT2D eigenvalue weighted by Crippen LogP contribution is -2.20. The van der Waals surface area contributed by atoms with Crippen LogP contribution in [0, 0.1) is 0 Å². The highest BCUT2D eigenvalue weighted by molar-refractivity contribution is 7.92. The Balaban J connectivity index is 1.76. The predicted octanol–water partition coefficient (Wildman–Crippen LogP) is 5.60. The molecular weight excluding hydrogens is 481 g/mol. The number of nitrogens with zero attached hydrogens (tertiary/aromatic N) is 1. The van der Waals surface area contributed by atoms with E-state index in [1.54, 1.807) is 37.3 Å². The van der Waals surface area contributed by atoms with Crippen LogP contribution in [0.1, 0.15) is 22.8 Å². The molecule has 0 radical (unpaired) electrons. The number of anilines is 1. The van der Waals surface area contributed by atoms with Gasteiger partial charge in [0.15, 0.2) is 0 Å². The molecule has 160 valence electrons. The lowest BCUT2D eigenvalue weighted by atomic mass is 10.1. The molecule has 10 heteroatoms. The van der Waals surface area contributed by atoms with Gasteiger partial charge in [0.05, 0.1) is 20.7 Å². The second-order valence-corrected chi connectivity index (χ2v) is 9.34. The maximum atomic E-state index is 12.6. The van der Waals surface area contributed by atoms with Crippen molar-refractivity contribution in [3.63, 3.8) is 0 Å². The molecule has 0 aromatic heterocycles. The van der Waals surface area contributed by atoms with E-state index in [0.717, 1.165) is 0 Å². The van der Waals surface area contributed by atoms with Crippen LogP contribution in [0.3, 0.4) is 0 Å². The fourth-order valence-corrected chi connectivity index (χ4v) is 4.05. The monoisotopic (exact) mass is 495 g/mol. The minimum atomic E-state index is -3.90. The number of hydrazone groups is 1. The Kier molecular flexibility index (Phi) is 7.23. The highest BCUT2D eigenvalue weighted by Gasteiger charge is 2.16. The third kappa shape index (κ3) is 5.98. The second kappa shape index (κ2) is 9.70. The molecule has 1 amide bonds. The molecule has 0 unspecified atom stereocenters. The van der Waals surface area contributed by atoms with Gasteiger partial charge >= 0.3 is 0 Å². The number of rotatable bonds is 6. The molecule has 6 nitrogen and oxygen atoms in total. The van der Waals surface area contributed by atoms with Crippen LogP contribution in [-0.4, -0.2) is 20.0 Å². The van der Waals surface area contributed by atoms with Crippen molar-refractivity contribution in [1.82, 2.24) is 5.43 Å². The van der Waals surface area contributed by atoms with E-state index in [1.807, 2.05) is 0 Å². The van der Waals surface area contributed by atoms with Gasteiger partial charge in [-0.05, 0) is 67.1 Å². The first kappa shape index (κ1) is 23.1. The summed E-state index contributed by atoms with van der Waals surface area (Å²) in [6.07, 6.45) is 0. The Morgan fingerprint density at radius 3 is 2.26 bits per heavy atom. The molecule has 0 spiro atoms. The summed E-state index contributed by atoms with van der Waals surface area (Å²) in [5.41, 5.74) is 4.07. The molecule has 3 rings (SSSR count). The lowest BCUT2D eigenvalue weighted by molar-refractivity contribution is 0.0954. The van der Waals surface area contributed by atoms with Gasteiger partial charge < -0.3 is 0 Å². The van der Waals surface area contributed by atoms with Crippen LogP contribution >= 0.6 is 34.8 Å². The molecule has 0 saturated carbocycles. The van der Waals surface area contributed by atoms with Crippen molar-refractivity contribution >= 4 is 62.1 Å². The van der Waals surface area contributed by atoms with Crippen molar-refractivity contribution in [1.29, 1.82) is 0 Å². The van der Waals surface area contributed by atoms with E-state index < -0.39 is 15.9 Å². The molecule has 2 N–H and O–H groups in total. The second-order valence-electron chi connectivity index (χ2n) is 6.41. The van der Waals surface area contributed by atoms with Gasteiger partial charge in [-0.25, -0.2) is 13.8 Å². The predicted molar refractivity (Wildman–Crippen MR) is 125 cm³/mol. The molecule has 0 aliphatic carbocycles. The van der Waals surface area contributed by atoms with Gasteiger partial charge in [0.2, 0.25) is 0 Å². The van der Waals surface area contributed by atoms with E-state index in [-0.39, 0.29) is 10.5 Å². The van der Waals surface area contributed by atoms with Crippen LogP contribution in [0.25, 0.3) is 0 Å².